The van der Waals surface area contributed by atoms with Crippen LogP contribution in [0.25, 0.3) is 0 Å². The van der Waals surface area contributed by atoms with E-state index in [9.17, 15) is 0 Å². The minimum absolute atomic E-state index is 1.75. The molecule has 0 bridgehead atoms. The molecule has 0 radical (unpaired) electrons. The summed E-state index contributed by atoms with van der Waals surface area (Å²) in [6, 6.07) is 0. The van der Waals surface area contributed by atoms with Gasteiger partial charge in [-0.3, -0.25) is 0 Å². The summed E-state index contributed by atoms with van der Waals surface area (Å²) < 4.78 is 0. The smallest absolute Gasteiger partial charge is 0.0470 e. The molecule has 0 saturated heterocycles. The Morgan fingerprint density at radius 2 is 0.381 bits per heavy atom. The van der Waals surface area contributed by atoms with Gasteiger partial charge >= 0.3 is 0 Å². The van der Waals surface area contributed by atoms with Gasteiger partial charge < -0.3 is 0 Å². The quantitative estimate of drug-likeness (QED) is 0.394. The molecule has 0 aromatic carbocycles. The van der Waals surface area contributed by atoms with Crippen molar-refractivity contribution in [3.05, 3.63) is 74.4 Å². The molecule has 0 aromatic heterocycles. The van der Waals surface area contributed by atoms with Gasteiger partial charge in [-0.15, -0.1) is 19.7 Å². The monoisotopic (exact) mass is 294 g/mol. The number of rotatable bonds is 0. The molecule has 0 rings (SSSR count). The van der Waals surface area contributed by atoms with Gasteiger partial charge in [-0.1, -0.05) is 54.7 Å². The SMILES string of the molecule is C=CC.C=CC.C=CC.CC=CC.CC=CC.CC=CC. The molecule has 0 amide bonds. The molecule has 0 aliphatic rings. The van der Waals surface area contributed by atoms with Crippen LogP contribution in [0.5, 0.6) is 0 Å². The molecule has 0 aliphatic heterocycles. The van der Waals surface area contributed by atoms with Gasteiger partial charge in [0.25, 0.3) is 0 Å². The molecule has 21 heavy (non-hydrogen) atoms. The van der Waals surface area contributed by atoms with E-state index < -0.39 is 0 Å². The third-order valence-corrected chi connectivity index (χ3v) is 1.00. The molecule has 0 nitrogen and oxygen atoms in total. The maximum absolute atomic E-state index is 3.36. The third-order valence-electron chi connectivity index (χ3n) is 1.00. The van der Waals surface area contributed by atoms with E-state index in [1.165, 1.54) is 0 Å². The van der Waals surface area contributed by atoms with Crippen molar-refractivity contribution in [3.8, 4) is 0 Å². The molecule has 126 valence electrons. The lowest BCUT2D eigenvalue weighted by Gasteiger charge is -1.49. The van der Waals surface area contributed by atoms with Crippen LogP contribution in [0.4, 0.5) is 0 Å². The second kappa shape index (κ2) is 101. The van der Waals surface area contributed by atoms with Crippen LogP contribution in [-0.4, -0.2) is 0 Å². The van der Waals surface area contributed by atoms with E-state index in [0.717, 1.165) is 0 Å². The highest BCUT2D eigenvalue weighted by Gasteiger charge is 1.35. The Labute approximate surface area is 137 Å². The van der Waals surface area contributed by atoms with Gasteiger partial charge in [-0.25, -0.2) is 0 Å². The van der Waals surface area contributed by atoms with Crippen molar-refractivity contribution >= 4 is 0 Å². The predicted octanol–water partition coefficient (Wildman–Crippen LogP) is 8.32. The second-order valence-corrected chi connectivity index (χ2v) is 3.22. The van der Waals surface area contributed by atoms with Crippen molar-refractivity contribution in [2.75, 3.05) is 0 Å². The van der Waals surface area contributed by atoms with Crippen molar-refractivity contribution in [3.63, 3.8) is 0 Å². The van der Waals surface area contributed by atoms with Gasteiger partial charge in [0.1, 0.15) is 0 Å². The zero-order chi connectivity index (χ0) is 18.4. The lowest BCUT2D eigenvalue weighted by molar-refractivity contribution is 1.64. The highest BCUT2D eigenvalue weighted by molar-refractivity contribution is 4.69. The molecule has 0 atom stereocenters. The first-order chi connectivity index (χ1) is 9.99. The molecule has 0 heterocycles. The largest absolute Gasteiger partial charge is 0.103 e. The van der Waals surface area contributed by atoms with Crippen LogP contribution in [-0.2, 0) is 0 Å². The molecular weight excluding hydrogens is 252 g/mol. The zero-order valence-electron chi connectivity index (χ0n) is 16.3. The Bertz CT molecular complexity index is 152. The first kappa shape index (κ1) is 36.6. The van der Waals surface area contributed by atoms with E-state index in [1.54, 1.807) is 18.2 Å². The molecule has 0 saturated carbocycles. The summed E-state index contributed by atoms with van der Waals surface area (Å²) in [7, 11) is 0. The van der Waals surface area contributed by atoms with Crippen LogP contribution >= 0.6 is 0 Å². The summed E-state index contributed by atoms with van der Waals surface area (Å²) >= 11 is 0. The van der Waals surface area contributed by atoms with Gasteiger partial charge in [-0.05, 0) is 62.3 Å². The van der Waals surface area contributed by atoms with Gasteiger partial charge in [0, 0.05) is 0 Å². The van der Waals surface area contributed by atoms with E-state index in [-0.39, 0.29) is 0 Å². The minimum atomic E-state index is 1.75. The Kier molecular flexibility index (Phi) is 177. The molecule has 0 aliphatic carbocycles. The van der Waals surface area contributed by atoms with Crippen molar-refractivity contribution < 1.29 is 0 Å². The lowest BCUT2D eigenvalue weighted by Crippen LogP contribution is -1.26. The van der Waals surface area contributed by atoms with E-state index in [2.05, 4.69) is 19.7 Å². The van der Waals surface area contributed by atoms with Crippen LogP contribution in [0.3, 0.4) is 0 Å². The summed E-state index contributed by atoms with van der Waals surface area (Å²) in [5.41, 5.74) is 0. The van der Waals surface area contributed by atoms with Crippen molar-refractivity contribution in [1.82, 2.24) is 0 Å². The summed E-state index contributed by atoms with van der Waals surface area (Å²) in [6.45, 7) is 27.8. The first-order valence-electron chi connectivity index (χ1n) is 7.42. The van der Waals surface area contributed by atoms with E-state index in [1.807, 2.05) is 98.8 Å². The van der Waals surface area contributed by atoms with E-state index in [0.29, 0.717) is 0 Å². The summed E-state index contributed by atoms with van der Waals surface area (Å²) in [6.07, 6.45) is 17.2. The topological polar surface area (TPSA) is 0 Å². The molecule has 0 fully saturated rings. The van der Waals surface area contributed by atoms with Crippen molar-refractivity contribution in [2.45, 2.75) is 62.3 Å². The molecule has 0 aromatic rings. The number of allylic oxidation sites excluding steroid dienone is 9. The average molecular weight is 295 g/mol. The Hall–Kier alpha value is -1.56. The van der Waals surface area contributed by atoms with Crippen molar-refractivity contribution in [2.24, 2.45) is 0 Å². The standard InChI is InChI=1S/3C4H8.3C3H6/c3*1-3-4-2;3*1-3-2/h3*3-4H,1-2H3;3*3H,1H2,2H3. The van der Waals surface area contributed by atoms with Gasteiger partial charge in [-0.2, -0.15) is 0 Å². The van der Waals surface area contributed by atoms with E-state index >= 15 is 0 Å². The fraction of sp³-hybridized carbons (Fsp3) is 0.429. The fourth-order valence-corrected chi connectivity index (χ4v) is 0. The van der Waals surface area contributed by atoms with E-state index in [4.69, 9.17) is 0 Å². The molecule has 0 spiro atoms. The summed E-state index contributed by atoms with van der Waals surface area (Å²) in [4.78, 5) is 0. The number of hydrogen-bond acceptors (Lipinski definition) is 0. The average Bonchev–Trinajstić information content (AvgIpc) is 2.50. The zero-order valence-corrected chi connectivity index (χ0v) is 16.3. The predicted molar refractivity (Wildman–Crippen MR) is 109 cm³/mol. The first-order valence-corrected chi connectivity index (χ1v) is 7.42. The Morgan fingerprint density at radius 1 is 0.333 bits per heavy atom. The highest BCUT2D eigenvalue weighted by Crippen LogP contribution is 1.58. The van der Waals surface area contributed by atoms with Crippen LogP contribution in [0, 0.1) is 0 Å². The maximum atomic E-state index is 3.36. The highest BCUT2D eigenvalue weighted by atomic mass is 13.4. The molecule has 0 heteroatoms. The summed E-state index contributed by atoms with van der Waals surface area (Å²) in [5.74, 6) is 0. The second-order valence-electron chi connectivity index (χ2n) is 3.22. The van der Waals surface area contributed by atoms with Crippen molar-refractivity contribution in [1.29, 1.82) is 0 Å². The third kappa shape index (κ3) is 2400. The molecule has 0 N–H and O–H groups in total. The Balaban J connectivity index is -0.0000000324. The maximum Gasteiger partial charge on any atom is -0.0470 e. The summed E-state index contributed by atoms with van der Waals surface area (Å²) in [5, 5.41) is 0. The van der Waals surface area contributed by atoms with Crippen LogP contribution in [0.15, 0.2) is 74.4 Å². The van der Waals surface area contributed by atoms with Gasteiger partial charge in [0.2, 0.25) is 0 Å². The normalized spacial score (nSPS) is 7.29. The molecule has 0 unspecified atom stereocenters. The van der Waals surface area contributed by atoms with Gasteiger partial charge in [0.05, 0.1) is 0 Å². The lowest BCUT2D eigenvalue weighted by atomic mass is 10.6. The Morgan fingerprint density at radius 3 is 0.381 bits per heavy atom. The van der Waals surface area contributed by atoms with Crippen LogP contribution in [0.1, 0.15) is 62.3 Å². The van der Waals surface area contributed by atoms with Crippen LogP contribution < -0.4 is 0 Å². The number of hydrogen-bond donors (Lipinski definition) is 0. The fourth-order valence-electron chi connectivity index (χ4n) is 0. The molecular formula is C21H42. The van der Waals surface area contributed by atoms with Crippen LogP contribution in [0.2, 0.25) is 0 Å². The van der Waals surface area contributed by atoms with Gasteiger partial charge in [0.15, 0.2) is 0 Å². The minimum Gasteiger partial charge on any atom is -0.103 e.